The third-order valence-electron chi connectivity index (χ3n) is 9.17. The van der Waals surface area contributed by atoms with Crippen molar-refractivity contribution in [3.63, 3.8) is 0 Å². The number of ether oxygens (including phenoxy) is 2. The number of aromatic nitrogens is 4. The van der Waals surface area contributed by atoms with Gasteiger partial charge < -0.3 is 14.4 Å². The largest absolute Gasteiger partial charge is 0.490 e. The molecule has 2 aliphatic rings. The molecule has 260 valence electrons. The zero-order valence-corrected chi connectivity index (χ0v) is 28.3. The minimum atomic E-state index is -2.45. The fraction of sp³-hybridized carbons (Fsp3) is 0.333. The number of nitrogens with zero attached hydrogens (tertiary/aromatic N) is 6. The number of methoxy groups -OCH3 is 1. The van der Waals surface area contributed by atoms with Crippen molar-refractivity contribution >= 4 is 27.3 Å². The Kier molecular flexibility index (Phi) is 9.42. The van der Waals surface area contributed by atoms with Gasteiger partial charge in [-0.2, -0.15) is 5.10 Å². The van der Waals surface area contributed by atoms with Gasteiger partial charge in [-0.25, -0.2) is 22.5 Å². The maximum Gasteiger partial charge on any atom is 0.251 e. The zero-order chi connectivity index (χ0) is 35.1. The number of hydrogen-bond donors (Lipinski definition) is 0. The Bertz CT molecular complexity index is 2100. The SMILES string of the molecule is C=CC(=O)N1CCn2nc(-c3nc(-c4cnc5c(c4)CN(CC(F)F)CC5)c4ccsc4c3-c3c(F)cc(F)cc3OCCOC)cc2C1C. The highest BCUT2D eigenvalue weighted by Crippen LogP contribution is 2.47. The summed E-state index contributed by atoms with van der Waals surface area (Å²) in [6.07, 6.45) is 1.10. The summed E-state index contributed by atoms with van der Waals surface area (Å²) in [7, 11) is 1.50. The number of thiophene rings is 1. The quantitative estimate of drug-likeness (QED) is 0.0888. The molecular weight excluding hydrogens is 672 g/mol. The summed E-state index contributed by atoms with van der Waals surface area (Å²) in [6, 6.07) is 7.27. The first kappa shape index (κ1) is 33.8. The van der Waals surface area contributed by atoms with Crippen molar-refractivity contribution in [2.45, 2.75) is 38.9 Å². The molecule has 0 saturated carbocycles. The maximum absolute atomic E-state index is 16.1. The van der Waals surface area contributed by atoms with Crippen molar-refractivity contribution < 1.29 is 31.8 Å². The van der Waals surface area contributed by atoms with Crippen LogP contribution in [0.25, 0.3) is 43.9 Å². The number of rotatable bonds is 10. The van der Waals surface area contributed by atoms with Gasteiger partial charge in [0.05, 0.1) is 42.7 Å². The molecule has 4 aromatic heterocycles. The Labute approximate surface area is 289 Å². The van der Waals surface area contributed by atoms with Gasteiger partial charge in [0.2, 0.25) is 5.91 Å². The van der Waals surface area contributed by atoms with Gasteiger partial charge in [-0.3, -0.25) is 19.4 Å². The van der Waals surface area contributed by atoms with Gasteiger partial charge in [0.15, 0.2) is 0 Å². The van der Waals surface area contributed by atoms with Crippen LogP contribution in [0.4, 0.5) is 17.6 Å². The van der Waals surface area contributed by atoms with Crippen LogP contribution in [0.3, 0.4) is 0 Å². The van der Waals surface area contributed by atoms with Crippen LogP contribution in [-0.4, -0.2) is 81.8 Å². The lowest BCUT2D eigenvalue weighted by atomic mass is 9.95. The topological polar surface area (TPSA) is 85.6 Å². The molecule has 1 unspecified atom stereocenters. The number of amides is 1. The highest BCUT2D eigenvalue weighted by molar-refractivity contribution is 7.18. The monoisotopic (exact) mass is 706 g/mol. The summed E-state index contributed by atoms with van der Waals surface area (Å²) in [5, 5.41) is 7.47. The summed E-state index contributed by atoms with van der Waals surface area (Å²) in [6.45, 7) is 7.11. The van der Waals surface area contributed by atoms with Crippen molar-refractivity contribution in [3.05, 3.63) is 83.1 Å². The molecule has 1 amide bonds. The van der Waals surface area contributed by atoms with Crippen LogP contribution in [0.1, 0.15) is 29.9 Å². The summed E-state index contributed by atoms with van der Waals surface area (Å²) in [4.78, 5) is 25.9. The first-order valence-electron chi connectivity index (χ1n) is 16.2. The molecule has 0 saturated heterocycles. The second-order valence-electron chi connectivity index (χ2n) is 12.2. The number of benzene rings is 1. The standard InChI is InChI=1S/C36H34F4N6O3S/c1-4-31(47)45-8-9-46-28(20(45)2)16-27(43-46)35-33(32-25(38)14-23(37)15-29(32)49-11-10-48-3)36-24(6-12-50-36)34(42-35)21-13-22-18-44(19-30(39)40)7-5-26(22)41-17-21/h4,6,12-17,20,30H,1,5,7-11,18-19H2,2-3H3. The van der Waals surface area contributed by atoms with E-state index in [9.17, 15) is 18.0 Å². The van der Waals surface area contributed by atoms with Crippen LogP contribution < -0.4 is 4.74 Å². The fourth-order valence-electron chi connectivity index (χ4n) is 6.81. The Balaban J connectivity index is 1.45. The third-order valence-corrected chi connectivity index (χ3v) is 10.1. The molecule has 0 aliphatic carbocycles. The molecule has 14 heteroatoms. The summed E-state index contributed by atoms with van der Waals surface area (Å²) >= 11 is 1.36. The van der Waals surface area contributed by atoms with Crippen molar-refractivity contribution in [2.24, 2.45) is 0 Å². The summed E-state index contributed by atoms with van der Waals surface area (Å²) in [5.41, 5.74) is 4.80. The summed E-state index contributed by atoms with van der Waals surface area (Å²) in [5.74, 6) is -1.85. The first-order chi connectivity index (χ1) is 24.2. The van der Waals surface area contributed by atoms with E-state index in [-0.39, 0.29) is 43.0 Å². The van der Waals surface area contributed by atoms with Gasteiger partial charge in [0.1, 0.15) is 35.4 Å². The second kappa shape index (κ2) is 13.9. The molecule has 50 heavy (non-hydrogen) atoms. The number of hydrogen-bond acceptors (Lipinski definition) is 8. The van der Waals surface area contributed by atoms with E-state index in [0.29, 0.717) is 70.9 Å². The van der Waals surface area contributed by atoms with E-state index in [2.05, 4.69) is 6.58 Å². The molecule has 2 aliphatic heterocycles. The van der Waals surface area contributed by atoms with Gasteiger partial charge in [0, 0.05) is 78.4 Å². The van der Waals surface area contributed by atoms with E-state index in [1.54, 1.807) is 16.0 Å². The highest BCUT2D eigenvalue weighted by atomic mass is 32.1. The minimum absolute atomic E-state index is 0.0142. The van der Waals surface area contributed by atoms with E-state index in [1.807, 2.05) is 35.2 Å². The lowest BCUT2D eigenvalue weighted by Crippen LogP contribution is -2.40. The van der Waals surface area contributed by atoms with E-state index in [1.165, 1.54) is 24.5 Å². The number of carbonyl (C=O) groups excluding carboxylic acids is 1. The molecule has 0 fully saturated rings. The van der Waals surface area contributed by atoms with Gasteiger partial charge in [-0.05, 0) is 42.1 Å². The lowest BCUT2D eigenvalue weighted by molar-refractivity contribution is -0.129. The fourth-order valence-corrected chi connectivity index (χ4v) is 7.75. The molecule has 7 rings (SSSR count). The summed E-state index contributed by atoms with van der Waals surface area (Å²) < 4.78 is 70.8. The molecule has 0 spiro atoms. The van der Waals surface area contributed by atoms with Crippen molar-refractivity contribution in [1.82, 2.24) is 29.5 Å². The van der Waals surface area contributed by atoms with Crippen LogP contribution >= 0.6 is 11.3 Å². The average Bonchev–Trinajstić information content (AvgIpc) is 3.76. The molecule has 9 nitrogen and oxygen atoms in total. The van der Waals surface area contributed by atoms with Crippen LogP contribution in [0.2, 0.25) is 0 Å². The van der Waals surface area contributed by atoms with Gasteiger partial charge in [-0.1, -0.05) is 6.58 Å². The van der Waals surface area contributed by atoms with Crippen molar-refractivity contribution in [3.8, 4) is 39.5 Å². The molecule has 1 atom stereocenters. The lowest BCUT2D eigenvalue weighted by Gasteiger charge is -2.33. The molecule has 1 aromatic carbocycles. The number of halogens is 4. The normalized spacial score (nSPS) is 16.1. The first-order valence-corrected chi connectivity index (χ1v) is 17.1. The second-order valence-corrected chi connectivity index (χ2v) is 13.2. The van der Waals surface area contributed by atoms with Crippen molar-refractivity contribution in [1.29, 1.82) is 0 Å². The minimum Gasteiger partial charge on any atom is -0.490 e. The van der Waals surface area contributed by atoms with E-state index >= 15 is 4.39 Å². The highest BCUT2D eigenvalue weighted by Gasteiger charge is 2.32. The van der Waals surface area contributed by atoms with Gasteiger partial charge in [0.25, 0.3) is 6.43 Å². The van der Waals surface area contributed by atoms with Gasteiger partial charge >= 0.3 is 0 Å². The molecule has 5 aromatic rings. The van der Waals surface area contributed by atoms with Crippen LogP contribution in [0.5, 0.6) is 5.75 Å². The molecule has 0 radical (unpaired) electrons. The Morgan fingerprint density at radius 1 is 1.12 bits per heavy atom. The van der Waals surface area contributed by atoms with Crippen LogP contribution in [0.15, 0.2) is 54.6 Å². The smallest absolute Gasteiger partial charge is 0.251 e. The van der Waals surface area contributed by atoms with E-state index < -0.39 is 18.1 Å². The zero-order valence-electron chi connectivity index (χ0n) is 27.5. The predicted molar refractivity (Wildman–Crippen MR) is 182 cm³/mol. The number of carbonyl (C=O) groups is 1. The Morgan fingerprint density at radius 3 is 2.74 bits per heavy atom. The Morgan fingerprint density at radius 2 is 1.96 bits per heavy atom. The maximum atomic E-state index is 16.1. The number of fused-ring (bicyclic) bond motifs is 3. The molecule has 0 bridgehead atoms. The third kappa shape index (κ3) is 6.27. The van der Waals surface area contributed by atoms with Gasteiger partial charge in [-0.15, -0.1) is 11.3 Å². The Hall–Kier alpha value is -4.66. The molecular formula is C36H34F4N6O3S. The van der Waals surface area contributed by atoms with E-state index in [0.717, 1.165) is 29.1 Å². The molecule has 6 heterocycles. The predicted octanol–water partition coefficient (Wildman–Crippen LogP) is 6.90. The number of pyridine rings is 2. The average molecular weight is 707 g/mol. The van der Waals surface area contributed by atoms with E-state index in [4.69, 9.17) is 24.5 Å². The van der Waals surface area contributed by atoms with Crippen LogP contribution in [-0.2, 0) is 29.0 Å². The molecule has 0 N–H and O–H groups in total. The van der Waals surface area contributed by atoms with Crippen molar-refractivity contribution in [2.75, 3.05) is 40.0 Å². The van der Waals surface area contributed by atoms with Crippen LogP contribution in [0, 0.1) is 11.6 Å². The number of alkyl halides is 2.